The third kappa shape index (κ3) is 4.79. The Kier molecular flexibility index (Phi) is 6.92. The maximum Gasteiger partial charge on any atom is 0.277 e. The average molecular weight is 479 g/mol. The fourth-order valence-electron chi connectivity index (χ4n) is 2.82. The van der Waals surface area contributed by atoms with Crippen LogP contribution in [0.15, 0.2) is 88.7 Å². The average Bonchev–Trinajstić information content (AvgIpc) is 2.77. The van der Waals surface area contributed by atoms with Gasteiger partial charge < -0.3 is 10.1 Å². The molecule has 32 heavy (non-hydrogen) atoms. The predicted molar refractivity (Wildman–Crippen MR) is 117 cm³/mol. The summed E-state index contributed by atoms with van der Waals surface area (Å²) in [5.41, 5.74) is -0.784. The van der Waals surface area contributed by atoms with Gasteiger partial charge in [0, 0.05) is 12.8 Å². The second-order valence-electron chi connectivity index (χ2n) is 6.48. The van der Waals surface area contributed by atoms with Crippen molar-refractivity contribution < 1.29 is 30.8 Å². The van der Waals surface area contributed by atoms with Crippen LogP contribution in [-0.2, 0) is 29.6 Å². The van der Waals surface area contributed by atoms with Crippen molar-refractivity contribution in [1.82, 2.24) is 0 Å². The molecule has 0 spiro atoms. The maximum atomic E-state index is 14.9. The number of carbonyl (C=O) groups excluding carboxylic acids is 1. The molecule has 3 rings (SSSR count). The highest BCUT2D eigenvalue weighted by molar-refractivity contribution is 8.10. The number of ether oxygens (including phenoxy) is 1. The molecule has 168 valence electrons. The Bertz CT molecular complexity index is 1250. The molecule has 11 heteroatoms. The molecule has 0 saturated carbocycles. The number of carbonyl (C=O) groups is 1. The summed E-state index contributed by atoms with van der Waals surface area (Å²) in [6.07, 6.45) is 0. The Morgan fingerprint density at radius 1 is 0.875 bits per heavy atom. The molecule has 0 aromatic heterocycles. The number of halogens is 1. The summed E-state index contributed by atoms with van der Waals surface area (Å²) in [6, 6.07) is 16.5. The van der Waals surface area contributed by atoms with Gasteiger partial charge >= 0.3 is 0 Å². The van der Waals surface area contributed by atoms with Crippen LogP contribution in [0, 0.1) is 5.82 Å². The van der Waals surface area contributed by atoms with Crippen LogP contribution in [0.25, 0.3) is 0 Å². The molecule has 1 N–H and O–H groups in total. The van der Waals surface area contributed by atoms with E-state index in [9.17, 15) is 26.0 Å². The van der Waals surface area contributed by atoms with Crippen molar-refractivity contribution in [2.75, 3.05) is 22.7 Å². The lowest BCUT2D eigenvalue weighted by molar-refractivity contribution is -0.119. The zero-order chi connectivity index (χ0) is 23.4. The van der Waals surface area contributed by atoms with Gasteiger partial charge in [-0.3, -0.25) is 4.79 Å². The van der Waals surface area contributed by atoms with Crippen LogP contribution in [0.1, 0.15) is 0 Å². The van der Waals surface area contributed by atoms with E-state index in [2.05, 4.69) is 5.32 Å². The van der Waals surface area contributed by atoms with Crippen molar-refractivity contribution in [3.8, 4) is 0 Å². The zero-order valence-electron chi connectivity index (χ0n) is 16.8. The van der Waals surface area contributed by atoms with Gasteiger partial charge in [0.1, 0.15) is 18.1 Å². The molecule has 0 radical (unpaired) electrons. The van der Waals surface area contributed by atoms with Crippen molar-refractivity contribution >= 4 is 37.3 Å². The second-order valence-corrected chi connectivity index (χ2v) is 10.3. The summed E-state index contributed by atoms with van der Waals surface area (Å²) in [6.45, 7) is -0.305. The Morgan fingerprint density at radius 3 is 1.84 bits per heavy atom. The summed E-state index contributed by atoms with van der Waals surface area (Å²) < 4.78 is 73.3. The minimum absolute atomic E-state index is 0.0139. The van der Waals surface area contributed by atoms with Crippen LogP contribution < -0.4 is 9.03 Å². The van der Waals surface area contributed by atoms with Gasteiger partial charge in [-0.2, -0.15) is 3.71 Å². The molecule has 0 aliphatic rings. The van der Waals surface area contributed by atoms with Crippen molar-refractivity contribution in [2.45, 2.75) is 9.79 Å². The SMILES string of the molecule is COCC(=O)Nc1ccc(F)c(N(S(=O)(=O)c2ccccc2)S(=O)(=O)c2ccccc2)c1. The van der Waals surface area contributed by atoms with E-state index < -0.39 is 37.5 Å². The molecule has 0 bridgehead atoms. The molecule has 1 amide bonds. The minimum atomic E-state index is -4.77. The molecule has 0 aliphatic carbocycles. The smallest absolute Gasteiger partial charge is 0.277 e. The zero-order valence-corrected chi connectivity index (χ0v) is 18.4. The summed E-state index contributed by atoms with van der Waals surface area (Å²) in [4.78, 5) is 11.1. The normalized spacial score (nSPS) is 11.7. The number of hydrogen-bond donors (Lipinski definition) is 1. The first kappa shape index (κ1) is 23.4. The van der Waals surface area contributed by atoms with Crippen LogP contribution in [-0.4, -0.2) is 36.5 Å². The quantitative estimate of drug-likeness (QED) is 0.533. The molecular formula is C21H19FN2O6S2. The summed E-state index contributed by atoms with van der Waals surface area (Å²) in [5.74, 6) is -1.71. The Hall–Kier alpha value is -3.28. The number of benzene rings is 3. The van der Waals surface area contributed by atoms with Gasteiger partial charge in [0.25, 0.3) is 20.0 Å². The predicted octanol–water partition coefficient (Wildman–Crippen LogP) is 2.99. The lowest BCUT2D eigenvalue weighted by Crippen LogP contribution is -2.37. The molecule has 0 saturated heterocycles. The van der Waals surface area contributed by atoms with Gasteiger partial charge in [0.05, 0.1) is 9.79 Å². The number of sulfonamides is 2. The molecule has 0 fully saturated rings. The Balaban J connectivity index is 2.24. The summed E-state index contributed by atoms with van der Waals surface area (Å²) in [7, 11) is -8.24. The fraction of sp³-hybridized carbons (Fsp3) is 0.0952. The van der Waals surface area contributed by atoms with Gasteiger partial charge in [-0.15, -0.1) is 0 Å². The minimum Gasteiger partial charge on any atom is -0.375 e. The maximum absolute atomic E-state index is 14.9. The topological polar surface area (TPSA) is 110 Å². The first-order chi connectivity index (χ1) is 15.2. The van der Waals surface area contributed by atoms with Crippen molar-refractivity contribution in [1.29, 1.82) is 0 Å². The highest BCUT2D eigenvalue weighted by atomic mass is 32.3. The number of anilines is 2. The molecule has 0 heterocycles. The van der Waals surface area contributed by atoms with E-state index in [1.165, 1.54) is 61.7 Å². The third-order valence-corrected chi connectivity index (χ3v) is 8.40. The highest BCUT2D eigenvalue weighted by Crippen LogP contribution is 2.34. The van der Waals surface area contributed by atoms with Gasteiger partial charge in [-0.25, -0.2) is 21.2 Å². The Morgan fingerprint density at radius 2 is 1.38 bits per heavy atom. The van der Waals surface area contributed by atoms with Crippen LogP contribution in [0.3, 0.4) is 0 Å². The van der Waals surface area contributed by atoms with E-state index in [1.54, 1.807) is 12.1 Å². The number of rotatable bonds is 8. The number of amides is 1. The van der Waals surface area contributed by atoms with Crippen molar-refractivity contribution in [3.63, 3.8) is 0 Å². The largest absolute Gasteiger partial charge is 0.375 e. The van der Waals surface area contributed by atoms with Gasteiger partial charge in [-0.1, -0.05) is 36.4 Å². The van der Waals surface area contributed by atoms with Crippen molar-refractivity contribution in [3.05, 3.63) is 84.7 Å². The molecule has 8 nitrogen and oxygen atoms in total. The van der Waals surface area contributed by atoms with Crippen molar-refractivity contribution in [2.24, 2.45) is 0 Å². The summed E-state index contributed by atoms with van der Waals surface area (Å²) >= 11 is 0. The molecule has 3 aromatic rings. The number of hydrogen-bond acceptors (Lipinski definition) is 6. The molecule has 0 unspecified atom stereocenters. The number of nitrogens with zero attached hydrogens (tertiary/aromatic N) is 1. The molecule has 0 atom stereocenters. The number of nitrogens with one attached hydrogen (secondary N) is 1. The molecular weight excluding hydrogens is 459 g/mol. The highest BCUT2D eigenvalue weighted by Gasteiger charge is 2.38. The van der Waals surface area contributed by atoms with Gasteiger partial charge in [0.15, 0.2) is 0 Å². The van der Waals surface area contributed by atoms with Gasteiger partial charge in [0.2, 0.25) is 5.91 Å². The van der Waals surface area contributed by atoms with E-state index in [0.717, 1.165) is 12.1 Å². The molecule has 0 aliphatic heterocycles. The number of methoxy groups -OCH3 is 1. The lowest BCUT2D eigenvalue weighted by Gasteiger charge is -2.25. The summed E-state index contributed by atoms with van der Waals surface area (Å²) in [5, 5.41) is 2.40. The van der Waals surface area contributed by atoms with Crippen LogP contribution in [0.4, 0.5) is 15.8 Å². The van der Waals surface area contributed by atoms with Crippen LogP contribution >= 0.6 is 0 Å². The van der Waals surface area contributed by atoms with Crippen LogP contribution in [0.5, 0.6) is 0 Å². The standard InChI is InChI=1S/C21H19FN2O6S2/c1-30-15-21(25)23-16-12-13-19(22)20(14-16)24(31(26,27)17-8-4-2-5-9-17)32(28,29)18-10-6-3-7-11-18/h2-14H,15H2,1H3,(H,23,25). The fourth-order valence-corrected chi connectivity index (χ4v) is 6.56. The van der Waals surface area contributed by atoms with Crippen LogP contribution in [0.2, 0.25) is 0 Å². The first-order valence-corrected chi connectivity index (χ1v) is 12.0. The monoisotopic (exact) mass is 478 g/mol. The first-order valence-electron chi connectivity index (χ1n) is 9.17. The van der Waals surface area contributed by atoms with E-state index in [4.69, 9.17) is 4.74 Å². The molecule has 3 aromatic carbocycles. The lowest BCUT2D eigenvalue weighted by atomic mass is 10.2. The van der Waals surface area contributed by atoms with E-state index in [-0.39, 0.29) is 25.8 Å². The van der Waals surface area contributed by atoms with E-state index in [1.807, 2.05) is 0 Å². The third-order valence-electron chi connectivity index (χ3n) is 4.22. The second kappa shape index (κ2) is 9.47. The Labute approximate surface area is 185 Å². The van der Waals surface area contributed by atoms with E-state index >= 15 is 0 Å². The van der Waals surface area contributed by atoms with E-state index in [0.29, 0.717) is 0 Å². The van der Waals surface area contributed by atoms with Gasteiger partial charge in [-0.05, 0) is 42.5 Å².